The summed E-state index contributed by atoms with van der Waals surface area (Å²) in [4.78, 5) is 0.368. The van der Waals surface area contributed by atoms with Crippen molar-refractivity contribution in [2.24, 2.45) is 0 Å². The van der Waals surface area contributed by atoms with E-state index in [4.69, 9.17) is 17.1 Å². The van der Waals surface area contributed by atoms with Gasteiger partial charge >= 0.3 is 0 Å². The molecule has 61 valence electrons. The molecule has 1 atom stereocenters. The maximum absolute atomic E-state index is 5.62. The van der Waals surface area contributed by atoms with Crippen LogP contribution in [-0.2, 0) is 4.43 Å². The Bertz CT molecular complexity index is 95.6. The summed E-state index contributed by atoms with van der Waals surface area (Å²) < 4.78 is 5.62. The van der Waals surface area contributed by atoms with Gasteiger partial charge in [-0.1, -0.05) is 19.6 Å². The third-order valence-corrected chi connectivity index (χ3v) is 6.69. The van der Waals surface area contributed by atoms with Gasteiger partial charge in [-0.3, -0.25) is 0 Å². The second kappa shape index (κ2) is 4.41. The molecular formula is C7H17OSSi. The van der Waals surface area contributed by atoms with Gasteiger partial charge in [0.2, 0.25) is 0 Å². The smallest absolute Gasteiger partial charge is 0.200 e. The molecule has 0 aliphatic rings. The van der Waals surface area contributed by atoms with Gasteiger partial charge in [-0.15, -0.1) is 0 Å². The molecule has 0 spiro atoms. The van der Waals surface area contributed by atoms with Crippen LogP contribution in [-0.4, -0.2) is 19.8 Å². The predicted octanol–water partition coefficient (Wildman–Crippen LogP) is 2.74. The first-order valence-corrected chi connectivity index (χ1v) is 7.30. The summed E-state index contributed by atoms with van der Waals surface area (Å²) in [6.07, 6.45) is 1.06. The molecule has 1 nitrogen and oxygen atoms in total. The Hall–Kier alpha value is 0.527. The van der Waals surface area contributed by atoms with Crippen molar-refractivity contribution < 1.29 is 4.43 Å². The molecule has 0 rings (SSSR count). The fraction of sp³-hybridized carbons (Fsp3) is 1.00. The molecule has 0 N–H and O–H groups in total. The third-order valence-electron chi connectivity index (χ3n) is 1.66. The van der Waals surface area contributed by atoms with E-state index in [-0.39, 0.29) is 0 Å². The molecule has 0 saturated carbocycles. The fourth-order valence-electron chi connectivity index (χ4n) is 0.957. The summed E-state index contributed by atoms with van der Waals surface area (Å²) >= 11 is 5.28. The monoisotopic (exact) mass is 177 g/mol. The normalized spacial score (nSPS) is 15.3. The number of hydrogen-bond acceptors (Lipinski definition) is 1. The minimum absolute atomic E-state index is 0.368. The van der Waals surface area contributed by atoms with Crippen LogP contribution in [0, 0.1) is 0 Å². The maximum atomic E-state index is 5.62. The molecule has 0 aliphatic carbocycles. The van der Waals surface area contributed by atoms with Gasteiger partial charge in [-0.2, -0.15) is 0 Å². The molecular weight excluding hydrogens is 160 g/mol. The van der Waals surface area contributed by atoms with Crippen LogP contribution in [0.5, 0.6) is 0 Å². The summed E-state index contributed by atoms with van der Waals surface area (Å²) in [5.41, 5.74) is 0. The van der Waals surface area contributed by atoms with Gasteiger partial charge in [0.25, 0.3) is 0 Å². The molecule has 0 heterocycles. The first-order chi connectivity index (χ1) is 4.54. The molecule has 0 fully saturated rings. The van der Waals surface area contributed by atoms with E-state index in [1.165, 1.54) is 0 Å². The zero-order chi connectivity index (χ0) is 8.20. The lowest BCUT2D eigenvalue weighted by Crippen LogP contribution is -2.41. The van der Waals surface area contributed by atoms with Gasteiger partial charge in [0, 0.05) is 11.5 Å². The molecule has 0 aromatic rings. The Labute approximate surface area is 70.7 Å². The number of rotatable bonds is 4. The molecule has 1 unspecified atom stereocenters. The fourth-order valence-corrected chi connectivity index (χ4v) is 3.07. The Morgan fingerprint density at radius 3 is 2.20 bits per heavy atom. The Balaban J connectivity index is 3.82. The standard InChI is InChI=1S/C7H17OSSi/c1-5-7(9)10(3,4)8-6-2/h7H,5-6H2,1-4H3. The SMILES string of the molecule is CCO[Si](C)(C)C([S])CC. The van der Waals surface area contributed by atoms with Gasteiger partial charge < -0.3 is 4.43 Å². The summed E-state index contributed by atoms with van der Waals surface area (Å²) in [7, 11) is -1.49. The highest BCUT2D eigenvalue weighted by Gasteiger charge is 2.29. The lowest BCUT2D eigenvalue weighted by Gasteiger charge is -2.26. The first-order valence-electron chi connectivity index (χ1n) is 3.84. The van der Waals surface area contributed by atoms with Crippen molar-refractivity contribution in [2.45, 2.75) is 38.2 Å². The molecule has 1 radical (unpaired) electrons. The molecule has 0 aliphatic heterocycles. The van der Waals surface area contributed by atoms with Crippen LogP contribution in [0.3, 0.4) is 0 Å². The van der Waals surface area contributed by atoms with Crippen molar-refractivity contribution in [2.75, 3.05) is 6.61 Å². The largest absolute Gasteiger partial charge is 0.417 e. The van der Waals surface area contributed by atoms with Gasteiger partial charge in [0.05, 0.1) is 0 Å². The van der Waals surface area contributed by atoms with Gasteiger partial charge in [0.1, 0.15) is 0 Å². The second-order valence-electron chi connectivity index (χ2n) is 2.93. The van der Waals surface area contributed by atoms with Crippen LogP contribution in [0.1, 0.15) is 20.3 Å². The molecule has 0 aromatic carbocycles. The van der Waals surface area contributed by atoms with E-state index in [2.05, 4.69) is 20.0 Å². The van der Waals surface area contributed by atoms with E-state index in [0.717, 1.165) is 13.0 Å². The van der Waals surface area contributed by atoms with Crippen molar-refractivity contribution in [3.63, 3.8) is 0 Å². The van der Waals surface area contributed by atoms with E-state index < -0.39 is 8.32 Å². The van der Waals surface area contributed by atoms with Crippen LogP contribution < -0.4 is 0 Å². The Morgan fingerprint density at radius 1 is 1.40 bits per heavy atom. The zero-order valence-corrected chi connectivity index (χ0v) is 9.12. The zero-order valence-electron chi connectivity index (χ0n) is 7.31. The highest BCUT2D eigenvalue weighted by atomic mass is 32.1. The molecule has 0 aromatic heterocycles. The van der Waals surface area contributed by atoms with E-state index in [1.54, 1.807) is 0 Å². The average molecular weight is 177 g/mol. The van der Waals surface area contributed by atoms with E-state index in [9.17, 15) is 0 Å². The maximum Gasteiger partial charge on any atom is 0.200 e. The molecule has 0 saturated heterocycles. The predicted molar refractivity (Wildman–Crippen MR) is 50.8 cm³/mol. The highest BCUT2D eigenvalue weighted by molar-refractivity contribution is 7.83. The molecule has 0 amide bonds. The topological polar surface area (TPSA) is 9.23 Å². The summed E-state index contributed by atoms with van der Waals surface area (Å²) in [5, 5.41) is 0. The van der Waals surface area contributed by atoms with Crippen molar-refractivity contribution in [1.29, 1.82) is 0 Å². The minimum Gasteiger partial charge on any atom is -0.417 e. The quantitative estimate of drug-likeness (QED) is 0.600. The molecule has 3 heteroatoms. The second-order valence-corrected chi connectivity index (χ2v) is 8.11. The van der Waals surface area contributed by atoms with Crippen molar-refractivity contribution in [3.8, 4) is 0 Å². The van der Waals surface area contributed by atoms with Crippen molar-refractivity contribution in [3.05, 3.63) is 0 Å². The lowest BCUT2D eigenvalue weighted by molar-refractivity contribution is 0.327. The van der Waals surface area contributed by atoms with Crippen molar-refractivity contribution in [1.82, 2.24) is 0 Å². The molecule has 0 bridgehead atoms. The van der Waals surface area contributed by atoms with E-state index in [1.807, 2.05) is 6.92 Å². The van der Waals surface area contributed by atoms with Crippen LogP contribution in [0.15, 0.2) is 0 Å². The van der Waals surface area contributed by atoms with E-state index >= 15 is 0 Å². The molecule has 10 heavy (non-hydrogen) atoms. The average Bonchev–Trinajstić information content (AvgIpc) is 1.86. The van der Waals surface area contributed by atoms with Crippen LogP contribution >= 0.6 is 12.6 Å². The number of hydrogen-bond donors (Lipinski definition) is 0. The van der Waals surface area contributed by atoms with Gasteiger partial charge in [0.15, 0.2) is 8.32 Å². The van der Waals surface area contributed by atoms with Crippen LogP contribution in [0.4, 0.5) is 0 Å². The van der Waals surface area contributed by atoms with Crippen molar-refractivity contribution >= 4 is 20.9 Å². The first kappa shape index (κ1) is 10.5. The minimum atomic E-state index is -1.49. The summed E-state index contributed by atoms with van der Waals surface area (Å²) in [6.45, 7) is 9.36. The summed E-state index contributed by atoms with van der Waals surface area (Å²) in [6, 6.07) is 0. The van der Waals surface area contributed by atoms with Gasteiger partial charge in [-0.05, 0) is 26.4 Å². The summed E-state index contributed by atoms with van der Waals surface area (Å²) in [5.74, 6) is 0. The van der Waals surface area contributed by atoms with Gasteiger partial charge in [-0.25, -0.2) is 0 Å². The highest BCUT2D eigenvalue weighted by Crippen LogP contribution is 2.17. The third kappa shape index (κ3) is 3.08. The van der Waals surface area contributed by atoms with Crippen LogP contribution in [0.25, 0.3) is 0 Å². The lowest BCUT2D eigenvalue weighted by atomic mass is 10.6. The van der Waals surface area contributed by atoms with E-state index in [0.29, 0.717) is 4.87 Å². The Kier molecular flexibility index (Phi) is 4.65. The Morgan fingerprint density at radius 2 is 1.90 bits per heavy atom. The van der Waals surface area contributed by atoms with Crippen LogP contribution in [0.2, 0.25) is 13.1 Å².